The smallest absolute Gasteiger partial charge is 0.230 e. The molecule has 0 aliphatic rings. The van der Waals surface area contributed by atoms with E-state index in [0.717, 1.165) is 17.0 Å². The molecule has 0 bridgehead atoms. The number of anilines is 1. The molecule has 0 heterocycles. The van der Waals surface area contributed by atoms with Gasteiger partial charge in [-0.05, 0) is 38.5 Å². The number of carbonyl (C=O) groups is 1. The van der Waals surface area contributed by atoms with E-state index in [9.17, 15) is 4.79 Å². The normalized spacial score (nSPS) is 10.7. The van der Waals surface area contributed by atoms with Crippen LogP contribution < -0.4 is 11.1 Å². The standard InChI is InChI=1S/C14H22N2O2S/c1-11(2)18-8-4-7-16-14(17)10-19-13-6-3-5-12(15)9-13/h3,5-6,9,11H,4,7-8,10,15H2,1-2H3,(H,16,17). The van der Waals surface area contributed by atoms with Crippen molar-refractivity contribution in [2.24, 2.45) is 0 Å². The van der Waals surface area contributed by atoms with Gasteiger partial charge in [-0.2, -0.15) is 0 Å². The quantitative estimate of drug-likeness (QED) is 0.436. The van der Waals surface area contributed by atoms with Crippen molar-refractivity contribution in [2.45, 2.75) is 31.3 Å². The van der Waals surface area contributed by atoms with Gasteiger partial charge in [0.15, 0.2) is 0 Å². The SMILES string of the molecule is CC(C)OCCCNC(=O)CSc1cccc(N)c1. The van der Waals surface area contributed by atoms with Gasteiger partial charge in [-0.25, -0.2) is 0 Å². The predicted octanol–water partition coefficient (Wildman–Crippen LogP) is 2.29. The lowest BCUT2D eigenvalue weighted by atomic mass is 10.3. The summed E-state index contributed by atoms with van der Waals surface area (Å²) < 4.78 is 5.40. The van der Waals surface area contributed by atoms with Crippen molar-refractivity contribution in [1.29, 1.82) is 0 Å². The number of nitrogens with two attached hydrogens (primary N) is 1. The molecular weight excluding hydrogens is 260 g/mol. The van der Waals surface area contributed by atoms with E-state index in [1.807, 2.05) is 38.1 Å². The number of hydrogen-bond acceptors (Lipinski definition) is 4. The number of carbonyl (C=O) groups excluding carboxylic acids is 1. The van der Waals surface area contributed by atoms with E-state index in [4.69, 9.17) is 10.5 Å². The van der Waals surface area contributed by atoms with Crippen LogP contribution in [0.25, 0.3) is 0 Å². The van der Waals surface area contributed by atoms with Crippen LogP contribution in [-0.4, -0.2) is 30.9 Å². The van der Waals surface area contributed by atoms with Crippen molar-refractivity contribution in [3.63, 3.8) is 0 Å². The van der Waals surface area contributed by atoms with Gasteiger partial charge in [0.1, 0.15) is 0 Å². The van der Waals surface area contributed by atoms with Crippen LogP contribution >= 0.6 is 11.8 Å². The second-order valence-electron chi connectivity index (χ2n) is 4.48. The van der Waals surface area contributed by atoms with Crippen LogP contribution in [0.2, 0.25) is 0 Å². The van der Waals surface area contributed by atoms with Crippen molar-refractivity contribution < 1.29 is 9.53 Å². The molecule has 0 aromatic heterocycles. The number of thioether (sulfide) groups is 1. The van der Waals surface area contributed by atoms with Crippen molar-refractivity contribution in [3.8, 4) is 0 Å². The van der Waals surface area contributed by atoms with Gasteiger partial charge in [-0.1, -0.05) is 6.07 Å². The number of rotatable bonds is 8. The van der Waals surface area contributed by atoms with E-state index in [-0.39, 0.29) is 12.0 Å². The van der Waals surface area contributed by atoms with E-state index in [2.05, 4.69) is 5.32 Å². The summed E-state index contributed by atoms with van der Waals surface area (Å²) in [5, 5.41) is 2.87. The molecule has 0 radical (unpaired) electrons. The van der Waals surface area contributed by atoms with Crippen LogP contribution in [0.15, 0.2) is 29.2 Å². The number of nitrogen functional groups attached to an aromatic ring is 1. The Balaban J connectivity index is 2.11. The highest BCUT2D eigenvalue weighted by Crippen LogP contribution is 2.19. The number of ether oxygens (including phenoxy) is 1. The van der Waals surface area contributed by atoms with Gasteiger partial charge in [0.25, 0.3) is 0 Å². The maximum atomic E-state index is 11.6. The van der Waals surface area contributed by atoms with Crippen molar-refractivity contribution in [2.75, 3.05) is 24.6 Å². The minimum absolute atomic E-state index is 0.0389. The molecule has 0 aliphatic heterocycles. The van der Waals surface area contributed by atoms with Gasteiger partial charge in [-0.15, -0.1) is 11.8 Å². The fraction of sp³-hybridized carbons (Fsp3) is 0.500. The molecule has 3 N–H and O–H groups in total. The summed E-state index contributed by atoms with van der Waals surface area (Å²) in [6, 6.07) is 7.54. The zero-order chi connectivity index (χ0) is 14.1. The molecular formula is C14H22N2O2S. The van der Waals surface area contributed by atoms with E-state index in [1.54, 1.807) is 0 Å². The lowest BCUT2D eigenvalue weighted by molar-refractivity contribution is -0.118. The van der Waals surface area contributed by atoms with Gasteiger partial charge in [-0.3, -0.25) is 4.79 Å². The maximum absolute atomic E-state index is 11.6. The highest BCUT2D eigenvalue weighted by molar-refractivity contribution is 8.00. The summed E-state index contributed by atoms with van der Waals surface area (Å²) in [7, 11) is 0. The Morgan fingerprint density at radius 3 is 2.95 bits per heavy atom. The van der Waals surface area contributed by atoms with Crippen LogP contribution in [0, 0.1) is 0 Å². The first-order valence-corrected chi connectivity index (χ1v) is 7.43. The topological polar surface area (TPSA) is 64.3 Å². The Kier molecular flexibility index (Phi) is 7.36. The average Bonchev–Trinajstić information content (AvgIpc) is 2.35. The van der Waals surface area contributed by atoms with E-state index >= 15 is 0 Å². The van der Waals surface area contributed by atoms with E-state index < -0.39 is 0 Å². The molecule has 1 rings (SSSR count). The number of hydrogen-bond donors (Lipinski definition) is 2. The van der Waals surface area contributed by atoms with Crippen LogP contribution in [-0.2, 0) is 9.53 Å². The molecule has 0 saturated heterocycles. The lowest BCUT2D eigenvalue weighted by Gasteiger charge is -2.08. The van der Waals surface area contributed by atoms with Gasteiger partial charge in [0, 0.05) is 23.7 Å². The Hall–Kier alpha value is -1.20. The molecule has 0 spiro atoms. The molecule has 5 heteroatoms. The Bertz CT molecular complexity index is 397. The first-order chi connectivity index (χ1) is 9.08. The Morgan fingerprint density at radius 2 is 2.26 bits per heavy atom. The van der Waals surface area contributed by atoms with Crippen LogP contribution in [0.1, 0.15) is 20.3 Å². The molecule has 0 saturated carbocycles. The number of nitrogens with one attached hydrogen (secondary N) is 1. The van der Waals surface area contributed by atoms with Gasteiger partial charge < -0.3 is 15.8 Å². The molecule has 19 heavy (non-hydrogen) atoms. The third-order valence-electron chi connectivity index (χ3n) is 2.32. The minimum atomic E-state index is 0.0389. The molecule has 0 unspecified atom stereocenters. The zero-order valence-electron chi connectivity index (χ0n) is 11.5. The third kappa shape index (κ3) is 7.74. The molecule has 1 aromatic carbocycles. The lowest BCUT2D eigenvalue weighted by Crippen LogP contribution is -2.27. The minimum Gasteiger partial charge on any atom is -0.399 e. The molecule has 0 aliphatic carbocycles. The fourth-order valence-corrected chi connectivity index (χ4v) is 2.22. The van der Waals surface area contributed by atoms with Crippen molar-refractivity contribution >= 4 is 23.4 Å². The van der Waals surface area contributed by atoms with Crippen LogP contribution in [0.5, 0.6) is 0 Å². The first kappa shape index (κ1) is 15.9. The summed E-state index contributed by atoms with van der Waals surface area (Å²) in [5.41, 5.74) is 6.39. The van der Waals surface area contributed by atoms with Gasteiger partial charge in [0.2, 0.25) is 5.91 Å². The summed E-state index contributed by atoms with van der Waals surface area (Å²) in [4.78, 5) is 12.6. The van der Waals surface area contributed by atoms with E-state index in [1.165, 1.54) is 11.8 Å². The monoisotopic (exact) mass is 282 g/mol. The first-order valence-electron chi connectivity index (χ1n) is 6.44. The molecule has 1 amide bonds. The second kappa shape index (κ2) is 8.82. The number of benzene rings is 1. The second-order valence-corrected chi connectivity index (χ2v) is 5.53. The highest BCUT2D eigenvalue weighted by atomic mass is 32.2. The van der Waals surface area contributed by atoms with E-state index in [0.29, 0.717) is 18.9 Å². The molecule has 0 atom stereocenters. The molecule has 0 fully saturated rings. The average molecular weight is 282 g/mol. The molecule has 106 valence electrons. The summed E-state index contributed by atoms with van der Waals surface area (Å²) >= 11 is 1.49. The van der Waals surface area contributed by atoms with Crippen LogP contribution in [0.3, 0.4) is 0 Å². The summed E-state index contributed by atoms with van der Waals surface area (Å²) in [6.45, 7) is 5.34. The predicted molar refractivity (Wildman–Crippen MR) is 80.3 cm³/mol. The Morgan fingerprint density at radius 1 is 1.47 bits per heavy atom. The highest BCUT2D eigenvalue weighted by Gasteiger charge is 2.02. The number of amides is 1. The molecule has 4 nitrogen and oxygen atoms in total. The van der Waals surface area contributed by atoms with Crippen LogP contribution in [0.4, 0.5) is 5.69 Å². The third-order valence-corrected chi connectivity index (χ3v) is 3.32. The maximum Gasteiger partial charge on any atom is 0.230 e. The zero-order valence-corrected chi connectivity index (χ0v) is 12.3. The fourth-order valence-electron chi connectivity index (χ4n) is 1.42. The molecule has 1 aromatic rings. The van der Waals surface area contributed by atoms with Crippen molar-refractivity contribution in [1.82, 2.24) is 5.32 Å². The summed E-state index contributed by atoms with van der Waals surface area (Å²) in [6.07, 6.45) is 1.09. The van der Waals surface area contributed by atoms with Gasteiger partial charge in [0.05, 0.1) is 11.9 Å². The largest absolute Gasteiger partial charge is 0.399 e. The van der Waals surface area contributed by atoms with Crippen molar-refractivity contribution in [3.05, 3.63) is 24.3 Å². The Labute approximate surface area is 119 Å². The van der Waals surface area contributed by atoms with Gasteiger partial charge >= 0.3 is 0 Å². The summed E-state index contributed by atoms with van der Waals surface area (Å²) in [5.74, 6) is 0.450.